The van der Waals surface area contributed by atoms with E-state index in [1.807, 2.05) is 4.90 Å². The van der Waals surface area contributed by atoms with Crippen LogP contribution in [0.3, 0.4) is 0 Å². The summed E-state index contributed by atoms with van der Waals surface area (Å²) >= 11 is 0. The first kappa shape index (κ1) is 36.4. The smallest absolute Gasteiger partial charge is 0.232 e. The number of piperidine rings is 1. The van der Waals surface area contributed by atoms with Gasteiger partial charge >= 0.3 is 0 Å². The molecule has 252 valence electrons. The molecule has 0 bridgehead atoms. The van der Waals surface area contributed by atoms with Crippen LogP contribution in [0.5, 0.6) is 0 Å². The van der Waals surface area contributed by atoms with E-state index in [0.29, 0.717) is 24.4 Å². The van der Waals surface area contributed by atoms with Gasteiger partial charge in [-0.15, -0.1) is 0 Å². The Bertz CT molecular complexity index is 950. The largest absolute Gasteiger partial charge is 0.373 e. The Morgan fingerprint density at radius 3 is 2.39 bits per heavy atom. The van der Waals surface area contributed by atoms with Crippen molar-refractivity contribution < 1.29 is 18.4 Å². The second kappa shape index (κ2) is 18.1. The summed E-state index contributed by atoms with van der Waals surface area (Å²) in [7, 11) is 2.07. The van der Waals surface area contributed by atoms with Gasteiger partial charge in [-0.25, -0.2) is 8.78 Å². The number of nitrogens with one attached hydrogen (secondary N) is 3. The number of unbranched alkanes of at least 4 members (excludes halogenated alkanes) is 3. The number of carbonyl (C=O) groups is 2. The Morgan fingerprint density at radius 2 is 1.75 bits per heavy atom. The highest BCUT2D eigenvalue weighted by Crippen LogP contribution is 2.39. The quantitative estimate of drug-likeness (QED) is 0.126. The van der Waals surface area contributed by atoms with Crippen molar-refractivity contribution >= 4 is 17.5 Å². The second-order valence-corrected chi connectivity index (χ2v) is 13.5. The molecule has 3 fully saturated rings. The molecule has 2 heterocycles. The number of alkyl halides is 2. The fraction of sp³-hybridized carbons (Fsp3) is 0.848. The van der Waals surface area contributed by atoms with Crippen LogP contribution in [0.25, 0.3) is 0 Å². The van der Waals surface area contributed by atoms with Gasteiger partial charge in [0.05, 0.1) is 12.7 Å². The molecule has 2 aliphatic heterocycles. The molecule has 2 saturated heterocycles. The van der Waals surface area contributed by atoms with Gasteiger partial charge in [-0.05, 0) is 58.9 Å². The van der Waals surface area contributed by atoms with Crippen LogP contribution in [0.15, 0.2) is 17.3 Å². The number of likely N-dealkylation sites (N-methyl/N-ethyl adjacent to an activating group) is 1. The number of hydrogen-bond acceptors (Lipinski definition) is 7. The van der Waals surface area contributed by atoms with Crippen molar-refractivity contribution in [3.8, 4) is 0 Å². The molecule has 5 N–H and O–H groups in total. The first-order valence-corrected chi connectivity index (χ1v) is 17.0. The molecule has 44 heavy (non-hydrogen) atoms. The molecule has 1 saturated carbocycles. The van der Waals surface area contributed by atoms with Crippen LogP contribution in [-0.2, 0) is 9.59 Å². The van der Waals surface area contributed by atoms with Crippen molar-refractivity contribution in [2.45, 2.75) is 103 Å². The van der Waals surface area contributed by atoms with Gasteiger partial charge in [0, 0.05) is 68.6 Å². The van der Waals surface area contributed by atoms with E-state index in [-0.39, 0.29) is 42.7 Å². The maximum Gasteiger partial charge on any atom is 0.232 e. The minimum Gasteiger partial charge on any atom is -0.373 e. The molecule has 11 heteroatoms. The van der Waals surface area contributed by atoms with E-state index in [1.54, 1.807) is 13.8 Å². The van der Waals surface area contributed by atoms with E-state index in [4.69, 9.17) is 5.73 Å². The maximum atomic E-state index is 15.6. The summed E-state index contributed by atoms with van der Waals surface area (Å²) in [4.78, 5) is 35.7. The maximum absolute atomic E-state index is 15.6. The van der Waals surface area contributed by atoms with Gasteiger partial charge in [0.2, 0.25) is 11.8 Å². The summed E-state index contributed by atoms with van der Waals surface area (Å²) < 4.78 is 30.2. The second-order valence-electron chi connectivity index (χ2n) is 13.5. The number of aliphatic imine (C=N–C) groups is 1. The van der Waals surface area contributed by atoms with Gasteiger partial charge < -0.3 is 31.5 Å². The highest BCUT2D eigenvalue weighted by atomic mass is 19.1. The molecule has 0 radical (unpaired) electrons. The van der Waals surface area contributed by atoms with Crippen LogP contribution in [0.1, 0.15) is 78.6 Å². The number of halogens is 2. The van der Waals surface area contributed by atoms with Crippen molar-refractivity contribution in [1.82, 2.24) is 25.8 Å². The first-order valence-electron chi connectivity index (χ1n) is 17.0. The molecule has 0 aromatic rings. The van der Waals surface area contributed by atoms with Crippen molar-refractivity contribution in [3.05, 3.63) is 12.3 Å². The molecule has 0 aromatic heterocycles. The van der Waals surface area contributed by atoms with Gasteiger partial charge in [-0.1, -0.05) is 39.2 Å². The molecule has 0 spiro atoms. The number of carbonyl (C=O) groups excluding carboxylic acids is 2. The van der Waals surface area contributed by atoms with E-state index in [0.717, 1.165) is 77.5 Å². The lowest BCUT2D eigenvalue weighted by Gasteiger charge is -2.43. The van der Waals surface area contributed by atoms with E-state index < -0.39 is 30.5 Å². The molecular formula is C33H59F2N7O2. The van der Waals surface area contributed by atoms with Gasteiger partial charge in [0.25, 0.3) is 0 Å². The summed E-state index contributed by atoms with van der Waals surface area (Å²) in [5.74, 6) is -1.28. The topological polar surface area (TPSA) is 115 Å². The zero-order chi connectivity index (χ0) is 32.2. The summed E-state index contributed by atoms with van der Waals surface area (Å²) in [6.07, 6.45) is 4.46. The molecule has 1 aliphatic carbocycles. The normalized spacial score (nSPS) is 29.0. The number of hydrogen-bond donors (Lipinski definition) is 4. The van der Waals surface area contributed by atoms with E-state index in [2.05, 4.69) is 46.4 Å². The molecule has 3 aliphatic rings. The molecule has 0 aromatic carbocycles. The van der Waals surface area contributed by atoms with Crippen LogP contribution in [0.2, 0.25) is 0 Å². The third-order valence-electron chi connectivity index (χ3n) is 9.81. The predicted octanol–water partition coefficient (Wildman–Crippen LogP) is 3.40. The molecule has 9 nitrogen and oxygen atoms in total. The fourth-order valence-corrected chi connectivity index (χ4v) is 7.19. The van der Waals surface area contributed by atoms with E-state index >= 15 is 4.39 Å². The van der Waals surface area contributed by atoms with Crippen molar-refractivity contribution in [1.29, 1.82) is 0 Å². The van der Waals surface area contributed by atoms with Crippen LogP contribution in [-0.4, -0.2) is 105 Å². The first-order chi connectivity index (χ1) is 21.0. The Balaban J connectivity index is 1.64. The third kappa shape index (κ3) is 10.8. The SMILES string of the molecule is C=C(C)NC(N)C(C(=O)NC1CNCC(F)C1C1CCC(C(=O)N2CCN(C)CC2)CC1)C(C)=NCC(F)CCCCCC. The molecule has 6 atom stereocenters. The standard InChI is InChI=1S/C33H59F2N7O2/c1-6-7-8-9-10-26(34)19-38-23(4)29(31(36)39-22(2)3)32(43)40-28-21-37-20-27(35)30(28)24-11-13-25(14-12-24)33(44)42-17-15-41(5)16-18-42/h24-31,37,39H,2,6-21,36H2,1,3-5H3,(H,40,43). The van der Waals surface area contributed by atoms with Gasteiger partial charge in [-0.2, -0.15) is 0 Å². The van der Waals surface area contributed by atoms with E-state index in [1.165, 1.54) is 0 Å². The van der Waals surface area contributed by atoms with Crippen molar-refractivity contribution in [2.75, 3.05) is 52.9 Å². The van der Waals surface area contributed by atoms with Crippen LogP contribution < -0.4 is 21.7 Å². The lowest BCUT2D eigenvalue weighted by molar-refractivity contribution is -0.138. The zero-order valence-electron chi connectivity index (χ0n) is 27.6. The highest BCUT2D eigenvalue weighted by molar-refractivity contribution is 6.04. The number of allylic oxidation sites excluding steroid dienone is 1. The van der Waals surface area contributed by atoms with Crippen molar-refractivity contribution in [2.24, 2.45) is 34.4 Å². The molecular weight excluding hydrogens is 564 g/mol. The Morgan fingerprint density at radius 1 is 1.07 bits per heavy atom. The Kier molecular flexibility index (Phi) is 15.0. The average molecular weight is 624 g/mol. The summed E-state index contributed by atoms with van der Waals surface area (Å²) in [5, 5.41) is 9.27. The van der Waals surface area contributed by atoms with Gasteiger partial charge in [0.1, 0.15) is 18.3 Å². The summed E-state index contributed by atoms with van der Waals surface area (Å²) in [5.41, 5.74) is 7.48. The number of amides is 2. The Hall–Kier alpha value is -2.11. The van der Waals surface area contributed by atoms with Crippen LogP contribution in [0, 0.1) is 23.7 Å². The summed E-state index contributed by atoms with van der Waals surface area (Å²) in [6.45, 7) is 13.4. The number of piperazine rings is 1. The monoisotopic (exact) mass is 623 g/mol. The minimum atomic E-state index is -1.11. The van der Waals surface area contributed by atoms with Crippen molar-refractivity contribution in [3.63, 3.8) is 0 Å². The molecule has 2 amide bonds. The van der Waals surface area contributed by atoms with Gasteiger partial charge in [-0.3, -0.25) is 14.6 Å². The van der Waals surface area contributed by atoms with E-state index in [9.17, 15) is 14.0 Å². The predicted molar refractivity (Wildman–Crippen MR) is 174 cm³/mol. The summed E-state index contributed by atoms with van der Waals surface area (Å²) in [6, 6.07) is -0.430. The number of rotatable bonds is 15. The zero-order valence-corrected chi connectivity index (χ0v) is 27.6. The van der Waals surface area contributed by atoms with Crippen LogP contribution in [0.4, 0.5) is 8.78 Å². The average Bonchev–Trinajstić information content (AvgIpc) is 2.98. The number of nitrogens with zero attached hydrogens (tertiary/aromatic N) is 3. The molecule has 6 unspecified atom stereocenters. The number of nitrogens with two attached hydrogens (primary N) is 1. The lowest BCUT2D eigenvalue weighted by Crippen LogP contribution is -2.61. The fourth-order valence-electron chi connectivity index (χ4n) is 7.19. The molecule has 3 rings (SSSR count). The third-order valence-corrected chi connectivity index (χ3v) is 9.81. The lowest BCUT2D eigenvalue weighted by atomic mass is 9.70. The van der Waals surface area contributed by atoms with Crippen LogP contribution >= 0.6 is 0 Å². The highest BCUT2D eigenvalue weighted by Gasteiger charge is 2.43. The minimum absolute atomic E-state index is 0.0112. The Labute approximate surface area is 264 Å². The van der Waals surface area contributed by atoms with Gasteiger partial charge in [0.15, 0.2) is 0 Å².